The summed E-state index contributed by atoms with van der Waals surface area (Å²) in [6.07, 6.45) is 0. The summed E-state index contributed by atoms with van der Waals surface area (Å²) in [6, 6.07) is 15.8. The molecule has 4 N–H and O–H groups in total. The van der Waals surface area contributed by atoms with Crippen molar-refractivity contribution in [2.75, 3.05) is 11.5 Å². The number of anilines is 2. The molecule has 4 heteroatoms. The molecule has 3 nitrogen and oxygen atoms in total. The van der Waals surface area contributed by atoms with E-state index in [0.29, 0.717) is 11.5 Å². The van der Waals surface area contributed by atoms with Crippen LogP contribution in [-0.2, 0) is 0 Å². The van der Waals surface area contributed by atoms with Crippen LogP contribution < -0.4 is 11.5 Å². The van der Waals surface area contributed by atoms with Gasteiger partial charge in [0, 0.05) is 27.6 Å². The molecule has 24 heavy (non-hydrogen) atoms. The molecule has 3 rings (SSSR count). The summed E-state index contributed by atoms with van der Waals surface area (Å²) in [5, 5.41) is 1.81. The van der Waals surface area contributed by atoms with E-state index in [1.165, 1.54) is 0 Å². The van der Waals surface area contributed by atoms with Gasteiger partial charge in [-0.15, -0.1) is 5.54 Å². The van der Waals surface area contributed by atoms with Gasteiger partial charge in [0.05, 0.1) is 5.69 Å². The molecule has 120 valence electrons. The first-order valence-corrected chi connectivity index (χ1v) is 11.4. The predicted octanol–water partition coefficient (Wildman–Crippen LogP) is 4.30. The molecular weight excluding hydrogens is 310 g/mol. The van der Waals surface area contributed by atoms with Crippen LogP contribution in [0, 0.1) is 11.5 Å². The number of fused-ring (bicyclic) bond motifs is 1. The van der Waals surface area contributed by atoms with Crippen molar-refractivity contribution in [2.45, 2.75) is 19.6 Å². The second-order valence-electron chi connectivity index (χ2n) is 6.92. The van der Waals surface area contributed by atoms with Crippen molar-refractivity contribution in [3.8, 4) is 22.7 Å². The Morgan fingerprint density at radius 3 is 2.42 bits per heavy atom. The number of rotatable bonds is 1. The number of nitrogens with zero attached hydrogens (tertiary/aromatic N) is 1. The van der Waals surface area contributed by atoms with Gasteiger partial charge >= 0.3 is 0 Å². The minimum atomic E-state index is -1.40. The number of aromatic nitrogens is 1. The number of hydrogen-bond donors (Lipinski definition) is 2. The highest BCUT2D eigenvalue weighted by atomic mass is 28.3. The maximum absolute atomic E-state index is 6.13. The highest BCUT2D eigenvalue weighted by Gasteiger charge is 2.09. The highest BCUT2D eigenvalue weighted by molar-refractivity contribution is 6.83. The van der Waals surface area contributed by atoms with Gasteiger partial charge in [0.25, 0.3) is 0 Å². The number of pyridine rings is 1. The fraction of sp³-hybridized carbons (Fsp3) is 0.150. The Morgan fingerprint density at radius 2 is 1.67 bits per heavy atom. The van der Waals surface area contributed by atoms with Crippen molar-refractivity contribution in [2.24, 2.45) is 0 Å². The summed E-state index contributed by atoms with van der Waals surface area (Å²) in [5.41, 5.74) is 19.1. The van der Waals surface area contributed by atoms with Gasteiger partial charge in [-0.2, -0.15) is 0 Å². The summed E-state index contributed by atoms with van der Waals surface area (Å²) < 4.78 is 0. The van der Waals surface area contributed by atoms with Crippen molar-refractivity contribution in [3.05, 3.63) is 54.1 Å². The lowest BCUT2D eigenvalue weighted by molar-refractivity contribution is 1.36. The Kier molecular flexibility index (Phi) is 4.04. The summed E-state index contributed by atoms with van der Waals surface area (Å²) >= 11 is 0. The molecule has 0 atom stereocenters. The molecule has 0 unspecified atom stereocenters. The van der Waals surface area contributed by atoms with Gasteiger partial charge in [0.2, 0.25) is 0 Å². The lowest BCUT2D eigenvalue weighted by Gasteiger charge is -2.09. The smallest absolute Gasteiger partial charge is 0.132 e. The van der Waals surface area contributed by atoms with Gasteiger partial charge in [-0.1, -0.05) is 49.8 Å². The molecule has 0 aliphatic rings. The van der Waals surface area contributed by atoms with Crippen LogP contribution in [0.3, 0.4) is 0 Å². The summed E-state index contributed by atoms with van der Waals surface area (Å²) in [5.74, 6) is 3.78. The normalized spacial score (nSPS) is 11.1. The third kappa shape index (κ3) is 3.42. The first kappa shape index (κ1) is 16.1. The fourth-order valence-electron chi connectivity index (χ4n) is 2.49. The number of nitrogen functional groups attached to an aromatic ring is 2. The second kappa shape index (κ2) is 6.03. The molecule has 0 radical (unpaired) electrons. The molecule has 0 saturated heterocycles. The number of benzene rings is 2. The van der Waals surface area contributed by atoms with E-state index in [4.69, 9.17) is 11.5 Å². The largest absolute Gasteiger partial charge is 0.398 e. The van der Waals surface area contributed by atoms with E-state index in [2.05, 4.69) is 42.2 Å². The van der Waals surface area contributed by atoms with E-state index in [-0.39, 0.29) is 0 Å². The van der Waals surface area contributed by atoms with Crippen LogP contribution in [0.25, 0.3) is 22.0 Å². The molecule has 0 fully saturated rings. The van der Waals surface area contributed by atoms with E-state index in [9.17, 15) is 0 Å². The first-order chi connectivity index (χ1) is 11.3. The molecule has 0 amide bonds. The van der Waals surface area contributed by atoms with Crippen LogP contribution in [0.2, 0.25) is 19.6 Å². The van der Waals surface area contributed by atoms with Crippen molar-refractivity contribution in [1.82, 2.24) is 4.98 Å². The molecule has 1 heterocycles. The average Bonchev–Trinajstić information content (AvgIpc) is 2.53. The molecule has 2 aromatic carbocycles. The highest BCUT2D eigenvalue weighted by Crippen LogP contribution is 2.29. The first-order valence-electron chi connectivity index (χ1n) is 7.92. The number of nitrogens with two attached hydrogens (primary N) is 2. The Labute approximate surface area is 143 Å². The van der Waals surface area contributed by atoms with E-state index in [1.807, 2.05) is 42.5 Å². The van der Waals surface area contributed by atoms with Crippen molar-refractivity contribution >= 4 is 30.4 Å². The van der Waals surface area contributed by atoms with Gasteiger partial charge in [-0.25, -0.2) is 4.98 Å². The number of hydrogen-bond acceptors (Lipinski definition) is 3. The summed E-state index contributed by atoms with van der Waals surface area (Å²) in [7, 11) is -1.40. The second-order valence-corrected chi connectivity index (χ2v) is 11.7. The van der Waals surface area contributed by atoms with Crippen LogP contribution in [0.1, 0.15) is 5.56 Å². The van der Waals surface area contributed by atoms with Crippen LogP contribution in [0.5, 0.6) is 0 Å². The standard InChI is InChI=1S/C20H21N3Si/c1-24(2,3)11-10-14-6-4-7-15(12-14)19-13-17-16(20(22)23-19)8-5-9-18(17)21/h4-9,12-13H,21H2,1-3H3,(H2,22,23). The van der Waals surface area contributed by atoms with E-state index in [0.717, 1.165) is 27.6 Å². The van der Waals surface area contributed by atoms with Gasteiger partial charge in [0.1, 0.15) is 13.9 Å². The molecule has 0 aliphatic heterocycles. The minimum Gasteiger partial charge on any atom is -0.398 e. The Bertz CT molecular complexity index is 976. The van der Waals surface area contributed by atoms with Crippen molar-refractivity contribution < 1.29 is 0 Å². The molecule has 0 aliphatic carbocycles. The zero-order valence-corrected chi connectivity index (χ0v) is 15.2. The van der Waals surface area contributed by atoms with Gasteiger partial charge in [-0.3, -0.25) is 0 Å². The molecule has 1 aromatic heterocycles. The topological polar surface area (TPSA) is 64.9 Å². The van der Waals surface area contributed by atoms with Gasteiger partial charge in [-0.05, 0) is 24.3 Å². The predicted molar refractivity (Wildman–Crippen MR) is 106 cm³/mol. The van der Waals surface area contributed by atoms with E-state index >= 15 is 0 Å². The third-order valence-electron chi connectivity index (χ3n) is 3.68. The third-order valence-corrected chi connectivity index (χ3v) is 4.55. The van der Waals surface area contributed by atoms with Gasteiger partial charge < -0.3 is 11.5 Å². The fourth-order valence-corrected chi connectivity index (χ4v) is 3.01. The zero-order chi connectivity index (χ0) is 17.3. The lowest BCUT2D eigenvalue weighted by Crippen LogP contribution is -2.16. The SMILES string of the molecule is C[Si](C)(C)C#Cc1cccc(-c2cc3c(N)cccc3c(N)n2)c1. The summed E-state index contributed by atoms with van der Waals surface area (Å²) in [4.78, 5) is 4.55. The van der Waals surface area contributed by atoms with Crippen LogP contribution in [0.15, 0.2) is 48.5 Å². The van der Waals surface area contributed by atoms with Crippen molar-refractivity contribution in [3.63, 3.8) is 0 Å². The Balaban J connectivity index is 2.11. The van der Waals surface area contributed by atoms with Gasteiger partial charge in [0.15, 0.2) is 0 Å². The minimum absolute atomic E-state index is 0.494. The summed E-state index contributed by atoms with van der Waals surface area (Å²) in [6.45, 7) is 6.70. The van der Waals surface area contributed by atoms with Crippen LogP contribution in [0.4, 0.5) is 11.5 Å². The maximum atomic E-state index is 6.13. The van der Waals surface area contributed by atoms with E-state index in [1.54, 1.807) is 0 Å². The average molecular weight is 331 g/mol. The maximum Gasteiger partial charge on any atom is 0.132 e. The molecular formula is C20H21N3Si. The Hall–Kier alpha value is -2.77. The zero-order valence-electron chi connectivity index (χ0n) is 14.2. The van der Waals surface area contributed by atoms with Crippen molar-refractivity contribution in [1.29, 1.82) is 0 Å². The molecule has 3 aromatic rings. The monoisotopic (exact) mass is 331 g/mol. The quantitative estimate of drug-likeness (QED) is 0.397. The molecule has 0 spiro atoms. The van der Waals surface area contributed by atoms with Crippen LogP contribution in [-0.4, -0.2) is 13.1 Å². The van der Waals surface area contributed by atoms with Crippen LogP contribution >= 0.6 is 0 Å². The lowest BCUT2D eigenvalue weighted by atomic mass is 10.0. The molecule has 0 bridgehead atoms. The Morgan fingerprint density at radius 1 is 0.917 bits per heavy atom. The molecule has 0 saturated carbocycles. The van der Waals surface area contributed by atoms with E-state index < -0.39 is 8.07 Å².